The molecule has 2 heterocycles. The van der Waals surface area contributed by atoms with Crippen LogP contribution < -0.4 is 19.9 Å². The number of pyridine rings is 1. The summed E-state index contributed by atoms with van der Waals surface area (Å²) in [5, 5.41) is 4.61. The molecule has 0 radical (unpaired) electrons. The molecule has 0 bridgehead atoms. The van der Waals surface area contributed by atoms with Gasteiger partial charge in [0.2, 0.25) is 21.8 Å². The van der Waals surface area contributed by atoms with E-state index in [-0.39, 0.29) is 30.7 Å². The van der Waals surface area contributed by atoms with Crippen molar-refractivity contribution < 1.29 is 51.2 Å². The smallest absolute Gasteiger partial charge is 0.444 e. The number of rotatable bonds is 10. The maximum atomic E-state index is 14.3. The number of carbonyl (C=O) groups excluding carboxylic acids is 6. The lowest BCUT2D eigenvalue weighted by atomic mass is 9.85. The van der Waals surface area contributed by atoms with Crippen LogP contribution in [0, 0.1) is 11.3 Å². The second kappa shape index (κ2) is 13.5. The van der Waals surface area contributed by atoms with E-state index in [0.717, 1.165) is 4.57 Å². The molecule has 3 N–H and O–H groups in total. The largest absolute Gasteiger partial charge is 0.602 e. The lowest BCUT2D eigenvalue weighted by Gasteiger charge is -2.36. The molecule has 1 aliphatic heterocycles. The molecule has 268 valence electrons. The molecule has 0 aromatic carbocycles. The van der Waals surface area contributed by atoms with E-state index in [2.05, 4.69) is 21.9 Å². The van der Waals surface area contributed by atoms with Crippen LogP contribution in [0.3, 0.4) is 0 Å². The number of hydrogen-bond acceptors (Lipinski definition) is 10. The lowest BCUT2D eigenvalue weighted by molar-refractivity contribution is -0.587. The van der Waals surface area contributed by atoms with Crippen LogP contribution in [0.1, 0.15) is 84.5 Å². The molecule has 1 aromatic rings. The van der Waals surface area contributed by atoms with Crippen molar-refractivity contribution in [1.29, 1.82) is 0 Å². The first-order chi connectivity index (χ1) is 22.6. The Bertz CT molecular complexity index is 1660. The van der Waals surface area contributed by atoms with Crippen LogP contribution in [-0.2, 0) is 33.9 Å². The quantitative estimate of drug-likeness (QED) is 0.183. The first kappa shape index (κ1) is 37.5. The van der Waals surface area contributed by atoms with Gasteiger partial charge >= 0.3 is 12.2 Å². The molecule has 4 amide bonds. The third kappa shape index (κ3) is 8.83. The molecule has 16 heteroatoms. The Hall–Kier alpha value is -4.34. The molecule has 0 spiro atoms. The second-order valence-corrected chi connectivity index (χ2v) is 16.9. The molecule has 2 aliphatic carbocycles. The van der Waals surface area contributed by atoms with Gasteiger partial charge in [0, 0.05) is 18.4 Å². The van der Waals surface area contributed by atoms with E-state index in [0.29, 0.717) is 12.8 Å². The number of ketones is 1. The third-order valence-corrected chi connectivity index (χ3v) is 10.4. The van der Waals surface area contributed by atoms with E-state index >= 15 is 0 Å². The molecular formula is C33H46N5O10S+. The van der Waals surface area contributed by atoms with Crippen LogP contribution in [0.2, 0.25) is 0 Å². The maximum absolute atomic E-state index is 14.3. The summed E-state index contributed by atoms with van der Waals surface area (Å²) in [5.41, 5.74) is -3.11. The van der Waals surface area contributed by atoms with Gasteiger partial charge in [0.15, 0.2) is 18.2 Å². The minimum absolute atomic E-state index is 0.0846. The highest BCUT2D eigenvalue weighted by Crippen LogP contribution is 2.45. The number of aromatic nitrogens is 1. The number of alkyl carbamates (subject to hydrolysis) is 1. The normalized spacial score (nSPS) is 24.2. The van der Waals surface area contributed by atoms with Crippen molar-refractivity contribution >= 4 is 45.7 Å². The van der Waals surface area contributed by atoms with Gasteiger partial charge in [0.05, 0.1) is 17.4 Å². The van der Waals surface area contributed by atoms with Crippen LogP contribution in [0.15, 0.2) is 37.2 Å². The predicted molar refractivity (Wildman–Crippen MR) is 174 cm³/mol. The Morgan fingerprint density at radius 2 is 1.76 bits per heavy atom. The Balaban J connectivity index is 1.62. The van der Waals surface area contributed by atoms with Gasteiger partial charge < -0.3 is 25.0 Å². The summed E-state index contributed by atoms with van der Waals surface area (Å²) in [6.07, 6.45) is 2.14. The fourth-order valence-corrected chi connectivity index (χ4v) is 7.00. The number of carbonyl (C=O) groups is 6. The lowest BCUT2D eigenvalue weighted by Crippen LogP contribution is -2.60. The summed E-state index contributed by atoms with van der Waals surface area (Å²) in [4.78, 5) is 80.6. The maximum Gasteiger partial charge on any atom is 0.602 e. The van der Waals surface area contributed by atoms with Gasteiger partial charge in [-0.05, 0) is 58.4 Å². The standard InChI is InChI=1S/C33H45N5O10S/c1-9-21-16-33(21,28(42)36-49(45,46)23-12-13-23)35-26(40)24-15-22(47-30(44)37-14-10-11-20(17-37)19(2)39)18-38(24)27(41)25(31(3,4)5)34-29(43)48-32(6,7)8/h9-11,14,17,21-25H,1,12-13,15-16,18H2,2-8H3,(H2-,34,35,36,40,42,43)/p+1/t21?,22-,24+,25-,33?/m1/s1. The number of ether oxygens (including phenoxy) is 2. The fraction of sp³-hybridized carbons (Fsp3) is 0.606. The minimum Gasteiger partial charge on any atom is -0.444 e. The van der Waals surface area contributed by atoms with E-state index in [1.54, 1.807) is 41.5 Å². The Morgan fingerprint density at radius 1 is 1.10 bits per heavy atom. The van der Waals surface area contributed by atoms with Crippen LogP contribution >= 0.6 is 0 Å². The molecule has 1 aromatic heterocycles. The first-order valence-electron chi connectivity index (χ1n) is 16.1. The molecule has 4 rings (SSSR count). The number of nitrogens with zero attached hydrogens (tertiary/aromatic N) is 2. The van der Waals surface area contributed by atoms with Crippen molar-refractivity contribution in [3.05, 3.63) is 42.7 Å². The zero-order valence-electron chi connectivity index (χ0n) is 28.9. The van der Waals surface area contributed by atoms with Gasteiger partial charge in [0.25, 0.3) is 5.91 Å². The van der Waals surface area contributed by atoms with Crippen LogP contribution in [0.25, 0.3) is 0 Å². The van der Waals surface area contributed by atoms with Crippen molar-refractivity contribution in [2.75, 3.05) is 6.54 Å². The van der Waals surface area contributed by atoms with Crippen molar-refractivity contribution in [2.24, 2.45) is 11.3 Å². The van der Waals surface area contributed by atoms with Crippen LogP contribution in [0.5, 0.6) is 0 Å². The van der Waals surface area contributed by atoms with Gasteiger partial charge in [-0.3, -0.25) is 23.9 Å². The zero-order valence-corrected chi connectivity index (χ0v) is 29.7. The van der Waals surface area contributed by atoms with Gasteiger partial charge in [-0.2, -0.15) is 4.79 Å². The number of hydrogen-bond donors (Lipinski definition) is 3. The number of sulfonamides is 1. The van der Waals surface area contributed by atoms with Crippen LogP contribution in [0.4, 0.5) is 9.59 Å². The van der Waals surface area contributed by atoms with E-state index in [1.807, 2.05) is 0 Å². The number of amides is 4. The monoisotopic (exact) mass is 704 g/mol. The highest BCUT2D eigenvalue weighted by atomic mass is 32.2. The Kier molecular flexibility index (Phi) is 10.3. The summed E-state index contributed by atoms with van der Waals surface area (Å²) in [7, 11) is -3.93. The summed E-state index contributed by atoms with van der Waals surface area (Å²) in [5.74, 6) is -3.22. The molecule has 49 heavy (non-hydrogen) atoms. The Labute approximate surface area is 286 Å². The SMILES string of the molecule is C=CC1CC1(NC(=O)[C@@H]1C[C@@H](OC(=O)[n+]2cccc(C(C)=O)c2)CN1C(=O)[C@@H](NC(=O)OC(C)(C)C)C(C)(C)C)C(=O)NS(=O)(=O)C1CC1. The molecule has 3 fully saturated rings. The van der Waals surface area contributed by atoms with Gasteiger partial charge in [-0.15, -0.1) is 6.58 Å². The molecule has 15 nitrogen and oxygen atoms in total. The number of likely N-dealkylation sites (tertiary alicyclic amines) is 1. The highest BCUT2D eigenvalue weighted by Gasteiger charge is 2.62. The molecule has 2 unspecified atom stereocenters. The van der Waals surface area contributed by atoms with Gasteiger partial charge in [0.1, 0.15) is 29.3 Å². The molecule has 2 saturated carbocycles. The summed E-state index contributed by atoms with van der Waals surface area (Å²) in [6.45, 7) is 14.9. The predicted octanol–water partition coefficient (Wildman–Crippen LogP) is 1.74. The summed E-state index contributed by atoms with van der Waals surface area (Å²) in [6, 6.07) is 0.536. The average Bonchev–Trinajstić information content (AvgIpc) is 3.91. The van der Waals surface area contributed by atoms with Crippen LogP contribution in [-0.4, -0.2) is 90.1 Å². The van der Waals surface area contributed by atoms with E-state index in [1.165, 1.54) is 42.4 Å². The third-order valence-electron chi connectivity index (χ3n) is 8.56. The molecule has 3 aliphatic rings. The van der Waals surface area contributed by atoms with Crippen molar-refractivity contribution in [2.45, 2.75) is 109 Å². The first-order valence-corrected chi connectivity index (χ1v) is 17.7. The van der Waals surface area contributed by atoms with Gasteiger partial charge in [-0.1, -0.05) is 31.4 Å². The summed E-state index contributed by atoms with van der Waals surface area (Å²) < 4.78 is 39.4. The second-order valence-electron chi connectivity index (χ2n) is 14.9. The molecular weight excluding hydrogens is 658 g/mol. The highest BCUT2D eigenvalue weighted by molar-refractivity contribution is 7.91. The average molecular weight is 705 g/mol. The minimum atomic E-state index is -3.93. The van der Waals surface area contributed by atoms with E-state index in [9.17, 15) is 37.2 Å². The van der Waals surface area contributed by atoms with E-state index < -0.39 is 85.8 Å². The van der Waals surface area contributed by atoms with Crippen molar-refractivity contribution in [1.82, 2.24) is 20.3 Å². The molecule has 5 atom stereocenters. The topological polar surface area (TPSA) is 198 Å². The van der Waals surface area contributed by atoms with Crippen molar-refractivity contribution in [3.63, 3.8) is 0 Å². The van der Waals surface area contributed by atoms with E-state index in [4.69, 9.17) is 9.47 Å². The number of nitrogens with one attached hydrogen (secondary N) is 3. The number of Topliss-reactive ketones (excluding diaryl/α,β-unsaturated/α-hetero) is 1. The summed E-state index contributed by atoms with van der Waals surface area (Å²) >= 11 is 0. The van der Waals surface area contributed by atoms with Crippen molar-refractivity contribution in [3.8, 4) is 0 Å². The fourth-order valence-electron chi connectivity index (χ4n) is 5.63. The van der Waals surface area contributed by atoms with Gasteiger partial charge in [-0.25, -0.2) is 13.2 Å². The molecule has 1 saturated heterocycles. The Morgan fingerprint density at radius 3 is 2.29 bits per heavy atom. The zero-order chi connectivity index (χ0) is 36.7.